The topological polar surface area (TPSA) is 43.4 Å². The van der Waals surface area contributed by atoms with Gasteiger partial charge in [-0.2, -0.15) is 0 Å². The van der Waals surface area contributed by atoms with E-state index in [1.165, 1.54) is 0 Å². The fourth-order valence-electron chi connectivity index (χ4n) is 2.27. The molecule has 1 heterocycles. The fraction of sp³-hybridized carbons (Fsp3) is 0.643. The molecule has 2 rings (SSSR count). The highest BCUT2D eigenvalue weighted by Crippen LogP contribution is 2.29. The number of nitrogens with one attached hydrogen (secondary N) is 1. The van der Waals surface area contributed by atoms with Crippen molar-refractivity contribution < 1.29 is 9.47 Å². The van der Waals surface area contributed by atoms with E-state index >= 15 is 0 Å². The van der Waals surface area contributed by atoms with Crippen molar-refractivity contribution >= 4 is 15.9 Å². The van der Waals surface area contributed by atoms with Gasteiger partial charge in [-0.05, 0) is 41.9 Å². The van der Waals surface area contributed by atoms with Crippen LogP contribution < -0.4 is 10.1 Å². The van der Waals surface area contributed by atoms with Crippen LogP contribution in [-0.2, 0) is 4.74 Å². The van der Waals surface area contributed by atoms with Gasteiger partial charge in [0.25, 0.3) is 0 Å². The zero-order valence-electron chi connectivity index (χ0n) is 11.4. The Morgan fingerprint density at radius 3 is 2.95 bits per heavy atom. The molecule has 3 atom stereocenters. The van der Waals surface area contributed by atoms with Crippen LogP contribution in [0.3, 0.4) is 0 Å². The minimum Gasteiger partial charge on any atom is -0.486 e. The summed E-state index contributed by atoms with van der Waals surface area (Å²) in [6.45, 7) is 5.93. The van der Waals surface area contributed by atoms with Crippen LogP contribution in [0.2, 0.25) is 0 Å². The third-order valence-corrected chi connectivity index (χ3v) is 3.67. The minimum atomic E-state index is 0.116. The molecule has 0 spiro atoms. The molecule has 0 aromatic carbocycles. The molecular formula is C14H21BrN2O2. The summed E-state index contributed by atoms with van der Waals surface area (Å²) in [5.74, 6) is 0.790. The van der Waals surface area contributed by atoms with E-state index in [0.717, 1.165) is 29.6 Å². The third-order valence-electron chi connectivity index (χ3n) is 3.23. The van der Waals surface area contributed by atoms with Gasteiger partial charge in [0.2, 0.25) is 0 Å². The van der Waals surface area contributed by atoms with Crippen LogP contribution in [0.25, 0.3) is 0 Å². The van der Waals surface area contributed by atoms with Crippen LogP contribution in [0, 0.1) is 0 Å². The van der Waals surface area contributed by atoms with Gasteiger partial charge >= 0.3 is 0 Å². The van der Waals surface area contributed by atoms with Gasteiger partial charge in [-0.1, -0.05) is 6.92 Å². The molecule has 1 aliphatic rings. The van der Waals surface area contributed by atoms with Gasteiger partial charge in [0.1, 0.15) is 18.0 Å². The monoisotopic (exact) mass is 328 g/mol. The van der Waals surface area contributed by atoms with E-state index in [1.807, 2.05) is 13.0 Å². The van der Waals surface area contributed by atoms with Crippen molar-refractivity contribution in [3.63, 3.8) is 0 Å². The lowest BCUT2D eigenvalue weighted by Crippen LogP contribution is -2.61. The molecule has 106 valence electrons. The molecule has 0 amide bonds. The quantitative estimate of drug-likeness (QED) is 0.835. The Labute approximate surface area is 123 Å². The summed E-state index contributed by atoms with van der Waals surface area (Å²) in [7, 11) is 0. The first-order valence-corrected chi connectivity index (χ1v) is 7.66. The zero-order chi connectivity index (χ0) is 13.7. The molecule has 0 aliphatic heterocycles. The second kappa shape index (κ2) is 7.22. The molecule has 0 bridgehead atoms. The van der Waals surface area contributed by atoms with Crippen LogP contribution in [0.1, 0.15) is 26.7 Å². The molecule has 5 heteroatoms. The Hall–Kier alpha value is -0.650. The van der Waals surface area contributed by atoms with Crippen LogP contribution >= 0.6 is 15.9 Å². The maximum atomic E-state index is 5.95. The molecule has 1 fully saturated rings. The van der Waals surface area contributed by atoms with E-state index in [-0.39, 0.29) is 12.2 Å². The first kappa shape index (κ1) is 14.8. The molecule has 0 saturated heterocycles. The van der Waals surface area contributed by atoms with E-state index in [0.29, 0.717) is 12.6 Å². The van der Waals surface area contributed by atoms with Crippen LogP contribution in [0.4, 0.5) is 0 Å². The van der Waals surface area contributed by atoms with Crippen LogP contribution in [0.5, 0.6) is 5.75 Å². The van der Waals surface area contributed by atoms with Crippen molar-refractivity contribution in [2.24, 2.45) is 0 Å². The first-order chi connectivity index (χ1) is 9.24. The molecule has 1 N–H and O–H groups in total. The SMILES string of the molecule is CCCNC1CC(Oc2cncc(Br)c2)C1OCC. The van der Waals surface area contributed by atoms with Crippen molar-refractivity contribution in [2.45, 2.75) is 44.9 Å². The Bertz CT molecular complexity index is 403. The Morgan fingerprint density at radius 1 is 1.42 bits per heavy atom. The maximum absolute atomic E-state index is 5.95. The summed E-state index contributed by atoms with van der Waals surface area (Å²) in [6.07, 6.45) is 5.86. The predicted octanol–water partition coefficient (Wildman–Crippen LogP) is 2.77. The van der Waals surface area contributed by atoms with E-state index in [9.17, 15) is 0 Å². The fourth-order valence-corrected chi connectivity index (χ4v) is 2.62. The van der Waals surface area contributed by atoms with Gasteiger partial charge in [0.15, 0.2) is 0 Å². The zero-order valence-corrected chi connectivity index (χ0v) is 13.0. The van der Waals surface area contributed by atoms with Crippen molar-refractivity contribution in [3.05, 3.63) is 22.9 Å². The molecular weight excluding hydrogens is 308 g/mol. The molecule has 4 nitrogen and oxygen atoms in total. The predicted molar refractivity (Wildman–Crippen MR) is 78.5 cm³/mol. The second-order valence-electron chi connectivity index (χ2n) is 4.71. The normalized spacial score (nSPS) is 25.9. The van der Waals surface area contributed by atoms with Crippen LogP contribution in [0.15, 0.2) is 22.9 Å². The Kier molecular flexibility index (Phi) is 5.60. The summed E-state index contributed by atoms with van der Waals surface area (Å²) >= 11 is 3.40. The number of pyridine rings is 1. The van der Waals surface area contributed by atoms with Gasteiger partial charge in [-0.3, -0.25) is 4.98 Å². The molecule has 0 radical (unpaired) electrons. The third kappa shape index (κ3) is 3.91. The van der Waals surface area contributed by atoms with Crippen molar-refractivity contribution in [2.75, 3.05) is 13.2 Å². The smallest absolute Gasteiger partial charge is 0.139 e. The number of aromatic nitrogens is 1. The largest absolute Gasteiger partial charge is 0.486 e. The summed E-state index contributed by atoms with van der Waals surface area (Å²) in [5, 5.41) is 3.50. The summed E-state index contributed by atoms with van der Waals surface area (Å²) in [6, 6.07) is 2.34. The van der Waals surface area contributed by atoms with Gasteiger partial charge in [0, 0.05) is 29.7 Å². The summed E-state index contributed by atoms with van der Waals surface area (Å²) in [5.41, 5.74) is 0. The highest BCUT2D eigenvalue weighted by Gasteiger charge is 2.43. The molecule has 3 unspecified atom stereocenters. The average Bonchev–Trinajstić information content (AvgIpc) is 2.39. The molecule has 19 heavy (non-hydrogen) atoms. The van der Waals surface area contributed by atoms with Gasteiger partial charge in [-0.25, -0.2) is 0 Å². The van der Waals surface area contributed by atoms with Gasteiger partial charge < -0.3 is 14.8 Å². The lowest BCUT2D eigenvalue weighted by molar-refractivity contribution is -0.104. The lowest BCUT2D eigenvalue weighted by Gasteiger charge is -2.44. The van der Waals surface area contributed by atoms with E-state index in [4.69, 9.17) is 9.47 Å². The summed E-state index contributed by atoms with van der Waals surface area (Å²) in [4.78, 5) is 4.11. The number of hydrogen-bond donors (Lipinski definition) is 1. The van der Waals surface area contributed by atoms with Crippen molar-refractivity contribution in [1.82, 2.24) is 10.3 Å². The number of nitrogens with zero attached hydrogens (tertiary/aromatic N) is 1. The first-order valence-electron chi connectivity index (χ1n) is 6.86. The molecule has 1 aromatic rings. The van der Waals surface area contributed by atoms with E-state index in [1.54, 1.807) is 12.4 Å². The minimum absolute atomic E-state index is 0.116. The highest BCUT2D eigenvalue weighted by molar-refractivity contribution is 9.10. The second-order valence-corrected chi connectivity index (χ2v) is 5.63. The van der Waals surface area contributed by atoms with Crippen LogP contribution in [-0.4, -0.2) is 36.4 Å². The number of hydrogen-bond acceptors (Lipinski definition) is 4. The Morgan fingerprint density at radius 2 is 2.26 bits per heavy atom. The molecule has 1 saturated carbocycles. The van der Waals surface area contributed by atoms with Gasteiger partial charge in [0.05, 0.1) is 6.20 Å². The molecule has 1 aliphatic carbocycles. The molecule has 1 aromatic heterocycles. The number of rotatable bonds is 7. The van der Waals surface area contributed by atoms with Crippen molar-refractivity contribution in [1.29, 1.82) is 0 Å². The average molecular weight is 329 g/mol. The summed E-state index contributed by atoms with van der Waals surface area (Å²) < 4.78 is 12.7. The standard InChI is InChI=1S/C14H21BrN2O2/c1-3-5-17-12-7-13(14(12)18-4-2)19-11-6-10(15)8-16-9-11/h6,8-9,12-14,17H,3-5,7H2,1-2H3. The van der Waals surface area contributed by atoms with Crippen molar-refractivity contribution in [3.8, 4) is 5.75 Å². The van der Waals surface area contributed by atoms with Gasteiger partial charge in [-0.15, -0.1) is 0 Å². The lowest BCUT2D eigenvalue weighted by atomic mass is 9.85. The van der Waals surface area contributed by atoms with E-state index in [2.05, 4.69) is 33.2 Å². The van der Waals surface area contributed by atoms with E-state index < -0.39 is 0 Å². The maximum Gasteiger partial charge on any atom is 0.139 e. The highest BCUT2D eigenvalue weighted by atomic mass is 79.9. The Balaban J connectivity index is 1.90. The number of halogens is 1. The number of ether oxygens (including phenoxy) is 2.